The number of benzene rings is 1. The summed E-state index contributed by atoms with van der Waals surface area (Å²) in [4.78, 5) is 0. The molecule has 2 rings (SSSR count). The Morgan fingerprint density at radius 1 is 1.19 bits per heavy atom. The average Bonchev–Trinajstić information content (AvgIpc) is 2.67. The number of nitrogens with zero attached hydrogens (tertiary/aromatic N) is 3. The van der Waals surface area contributed by atoms with Gasteiger partial charge in [0.2, 0.25) is 0 Å². The standard InChI is InChI=1S/C12H15N3O/c1-8-6-12(16-4)9(2)5-10(8)11-7-15(3)14-13-11/h5-7H,1-4H3. The first kappa shape index (κ1) is 10.7. The van der Waals surface area contributed by atoms with E-state index in [1.54, 1.807) is 11.8 Å². The number of hydrogen-bond acceptors (Lipinski definition) is 3. The van der Waals surface area contributed by atoms with E-state index < -0.39 is 0 Å². The summed E-state index contributed by atoms with van der Waals surface area (Å²) in [6.45, 7) is 4.07. The van der Waals surface area contributed by atoms with Crippen LogP contribution in [0, 0.1) is 13.8 Å². The third-order valence-electron chi connectivity index (χ3n) is 2.62. The van der Waals surface area contributed by atoms with Gasteiger partial charge in [-0.3, -0.25) is 4.68 Å². The Labute approximate surface area is 94.9 Å². The minimum Gasteiger partial charge on any atom is -0.496 e. The zero-order valence-electron chi connectivity index (χ0n) is 9.98. The van der Waals surface area contributed by atoms with Crippen molar-refractivity contribution in [2.24, 2.45) is 7.05 Å². The fraction of sp³-hybridized carbons (Fsp3) is 0.333. The molecule has 1 heterocycles. The summed E-state index contributed by atoms with van der Waals surface area (Å²) >= 11 is 0. The van der Waals surface area contributed by atoms with Gasteiger partial charge in [0.1, 0.15) is 11.4 Å². The molecule has 16 heavy (non-hydrogen) atoms. The van der Waals surface area contributed by atoms with Crippen LogP contribution in [0.4, 0.5) is 0 Å². The molecule has 0 fully saturated rings. The van der Waals surface area contributed by atoms with Gasteiger partial charge in [-0.15, -0.1) is 5.10 Å². The van der Waals surface area contributed by atoms with E-state index in [1.807, 2.05) is 33.2 Å². The van der Waals surface area contributed by atoms with Crippen LogP contribution in [0.3, 0.4) is 0 Å². The first-order valence-corrected chi connectivity index (χ1v) is 5.13. The number of aromatic nitrogens is 3. The molecule has 0 aliphatic carbocycles. The Morgan fingerprint density at radius 2 is 1.94 bits per heavy atom. The predicted molar refractivity (Wildman–Crippen MR) is 62.5 cm³/mol. The second-order valence-corrected chi connectivity index (χ2v) is 3.91. The van der Waals surface area contributed by atoms with Crippen molar-refractivity contribution < 1.29 is 4.74 Å². The second-order valence-electron chi connectivity index (χ2n) is 3.91. The van der Waals surface area contributed by atoms with Gasteiger partial charge >= 0.3 is 0 Å². The van der Waals surface area contributed by atoms with E-state index in [9.17, 15) is 0 Å². The summed E-state index contributed by atoms with van der Waals surface area (Å²) in [5.41, 5.74) is 4.24. The van der Waals surface area contributed by atoms with Gasteiger partial charge in [-0.05, 0) is 37.1 Å². The molecule has 2 aromatic rings. The summed E-state index contributed by atoms with van der Waals surface area (Å²) in [5.74, 6) is 0.908. The Morgan fingerprint density at radius 3 is 2.50 bits per heavy atom. The Hall–Kier alpha value is -1.84. The van der Waals surface area contributed by atoms with Crippen molar-refractivity contribution in [1.82, 2.24) is 15.0 Å². The van der Waals surface area contributed by atoms with Crippen LogP contribution >= 0.6 is 0 Å². The smallest absolute Gasteiger partial charge is 0.122 e. The monoisotopic (exact) mass is 217 g/mol. The largest absolute Gasteiger partial charge is 0.496 e. The van der Waals surface area contributed by atoms with Gasteiger partial charge in [0, 0.05) is 12.6 Å². The summed E-state index contributed by atoms with van der Waals surface area (Å²) in [6.07, 6.45) is 1.91. The lowest BCUT2D eigenvalue weighted by Crippen LogP contribution is -1.91. The molecule has 0 saturated heterocycles. The lowest BCUT2D eigenvalue weighted by atomic mass is 10.0. The highest BCUT2D eigenvalue weighted by molar-refractivity contribution is 5.65. The third-order valence-corrected chi connectivity index (χ3v) is 2.62. The van der Waals surface area contributed by atoms with Crippen LogP contribution in [0.1, 0.15) is 11.1 Å². The van der Waals surface area contributed by atoms with E-state index in [-0.39, 0.29) is 0 Å². The maximum absolute atomic E-state index is 5.28. The van der Waals surface area contributed by atoms with Crippen molar-refractivity contribution in [1.29, 1.82) is 0 Å². The van der Waals surface area contributed by atoms with Crippen molar-refractivity contribution in [3.63, 3.8) is 0 Å². The van der Waals surface area contributed by atoms with Crippen molar-refractivity contribution >= 4 is 0 Å². The Balaban J connectivity index is 2.54. The topological polar surface area (TPSA) is 39.9 Å². The molecular weight excluding hydrogens is 202 g/mol. The highest BCUT2D eigenvalue weighted by Gasteiger charge is 2.09. The van der Waals surface area contributed by atoms with E-state index in [1.165, 1.54) is 0 Å². The van der Waals surface area contributed by atoms with Gasteiger partial charge in [0.05, 0.1) is 13.3 Å². The van der Waals surface area contributed by atoms with Gasteiger partial charge in [-0.2, -0.15) is 0 Å². The maximum Gasteiger partial charge on any atom is 0.122 e. The minimum atomic E-state index is 0.894. The van der Waals surface area contributed by atoms with Gasteiger partial charge in [-0.1, -0.05) is 5.21 Å². The third kappa shape index (κ3) is 1.78. The molecule has 0 radical (unpaired) electrons. The number of rotatable bonds is 2. The van der Waals surface area contributed by atoms with Crippen LogP contribution < -0.4 is 4.74 Å². The molecule has 0 N–H and O–H groups in total. The van der Waals surface area contributed by atoms with Crippen LogP contribution in [-0.2, 0) is 7.05 Å². The minimum absolute atomic E-state index is 0.894. The van der Waals surface area contributed by atoms with Crippen molar-refractivity contribution in [2.45, 2.75) is 13.8 Å². The van der Waals surface area contributed by atoms with Crippen LogP contribution in [0.15, 0.2) is 18.3 Å². The fourth-order valence-corrected chi connectivity index (χ4v) is 1.76. The molecule has 1 aromatic carbocycles. The van der Waals surface area contributed by atoms with Crippen LogP contribution in [-0.4, -0.2) is 22.1 Å². The number of ether oxygens (including phenoxy) is 1. The summed E-state index contributed by atoms with van der Waals surface area (Å²) in [5, 5.41) is 8.06. The lowest BCUT2D eigenvalue weighted by Gasteiger charge is -2.09. The van der Waals surface area contributed by atoms with Crippen molar-refractivity contribution in [3.8, 4) is 17.0 Å². The van der Waals surface area contributed by atoms with Crippen molar-refractivity contribution in [2.75, 3.05) is 7.11 Å². The summed E-state index contributed by atoms with van der Waals surface area (Å²) in [6, 6.07) is 4.11. The number of aryl methyl sites for hydroxylation is 3. The van der Waals surface area contributed by atoms with E-state index in [0.717, 1.165) is 28.1 Å². The molecule has 0 amide bonds. The van der Waals surface area contributed by atoms with Gasteiger partial charge in [0.25, 0.3) is 0 Å². The van der Waals surface area contributed by atoms with E-state index >= 15 is 0 Å². The Bertz CT molecular complexity index is 517. The SMILES string of the molecule is COc1cc(C)c(-c2cn(C)nn2)cc1C. The predicted octanol–water partition coefficient (Wildman–Crippen LogP) is 2.11. The van der Waals surface area contributed by atoms with Crippen LogP contribution in [0.5, 0.6) is 5.75 Å². The zero-order chi connectivity index (χ0) is 11.7. The molecule has 0 atom stereocenters. The second kappa shape index (κ2) is 3.96. The van der Waals surface area contributed by atoms with Crippen LogP contribution in [0.2, 0.25) is 0 Å². The Kier molecular flexibility index (Phi) is 2.64. The molecule has 0 aliphatic rings. The molecule has 0 aliphatic heterocycles. The van der Waals surface area contributed by atoms with E-state index in [2.05, 4.69) is 16.4 Å². The summed E-state index contributed by atoms with van der Waals surface area (Å²) < 4.78 is 6.98. The van der Waals surface area contributed by atoms with Gasteiger partial charge in [0.15, 0.2) is 0 Å². The average molecular weight is 217 g/mol. The molecular formula is C12H15N3O. The van der Waals surface area contributed by atoms with Gasteiger partial charge in [-0.25, -0.2) is 0 Å². The highest BCUT2D eigenvalue weighted by atomic mass is 16.5. The molecule has 0 unspecified atom stereocenters. The maximum atomic E-state index is 5.28. The number of methoxy groups -OCH3 is 1. The first-order valence-electron chi connectivity index (χ1n) is 5.13. The summed E-state index contributed by atoms with van der Waals surface area (Å²) in [7, 11) is 3.55. The molecule has 84 valence electrons. The molecule has 0 bridgehead atoms. The molecule has 4 heteroatoms. The van der Waals surface area contributed by atoms with E-state index in [4.69, 9.17) is 4.74 Å². The van der Waals surface area contributed by atoms with Crippen LogP contribution in [0.25, 0.3) is 11.3 Å². The van der Waals surface area contributed by atoms with Gasteiger partial charge < -0.3 is 4.74 Å². The molecule has 0 spiro atoms. The fourth-order valence-electron chi connectivity index (χ4n) is 1.76. The zero-order valence-corrected chi connectivity index (χ0v) is 9.98. The molecule has 4 nitrogen and oxygen atoms in total. The lowest BCUT2D eigenvalue weighted by molar-refractivity contribution is 0.411. The quantitative estimate of drug-likeness (QED) is 0.773. The van der Waals surface area contributed by atoms with E-state index in [0.29, 0.717) is 0 Å². The molecule has 1 aromatic heterocycles. The van der Waals surface area contributed by atoms with Crippen molar-refractivity contribution in [3.05, 3.63) is 29.5 Å². The molecule has 0 saturated carbocycles. The first-order chi connectivity index (χ1) is 7.61. The normalized spacial score (nSPS) is 10.5. The highest BCUT2D eigenvalue weighted by Crippen LogP contribution is 2.28. The number of hydrogen-bond donors (Lipinski definition) is 0.